The van der Waals surface area contributed by atoms with E-state index in [1.54, 1.807) is 24.3 Å². The number of benzene rings is 1. The van der Waals surface area contributed by atoms with Crippen LogP contribution in [-0.2, 0) is 4.79 Å². The number of piperidine rings is 2. The van der Waals surface area contributed by atoms with Crippen LogP contribution in [0.2, 0.25) is 5.02 Å². The Morgan fingerprint density at radius 2 is 1.65 bits per heavy atom. The minimum atomic E-state index is 0. The highest BCUT2D eigenvalue weighted by Gasteiger charge is 2.28. The van der Waals surface area contributed by atoms with Crippen LogP contribution in [0.5, 0.6) is 0 Å². The van der Waals surface area contributed by atoms with Gasteiger partial charge in [-0.05, 0) is 75.4 Å². The number of amides is 1. The van der Waals surface area contributed by atoms with Gasteiger partial charge in [-0.3, -0.25) is 9.59 Å². The molecule has 0 radical (unpaired) electrons. The highest BCUT2D eigenvalue weighted by molar-refractivity contribution is 6.30. The lowest BCUT2D eigenvalue weighted by atomic mass is 9.88. The standard InChI is InChI=1S/C20H27ClN2O2.ClH/c21-18-4-2-16(3-5-18)20(25)17-9-13-23(14-10-17)19(24)6-1-15-7-11-22-12-8-15;/h2-5,15,17,22H,1,6-14H2;1H. The predicted octanol–water partition coefficient (Wildman–Crippen LogP) is 3.96. The number of halogens is 2. The molecule has 2 saturated heterocycles. The number of nitrogens with zero attached hydrogens (tertiary/aromatic N) is 1. The van der Waals surface area contributed by atoms with Crippen LogP contribution >= 0.6 is 24.0 Å². The number of hydrogen-bond donors (Lipinski definition) is 1. The summed E-state index contributed by atoms with van der Waals surface area (Å²) in [6.07, 6.45) is 5.56. The molecule has 4 nitrogen and oxygen atoms in total. The van der Waals surface area contributed by atoms with Gasteiger partial charge in [0.1, 0.15) is 0 Å². The van der Waals surface area contributed by atoms with E-state index < -0.39 is 0 Å². The first-order valence-corrected chi connectivity index (χ1v) is 9.79. The van der Waals surface area contributed by atoms with E-state index in [1.807, 2.05) is 4.90 Å². The van der Waals surface area contributed by atoms with Gasteiger partial charge in [-0.2, -0.15) is 0 Å². The number of carbonyl (C=O) groups is 2. The Balaban J connectivity index is 0.00000243. The molecule has 2 heterocycles. The maximum atomic E-state index is 12.6. The van der Waals surface area contributed by atoms with Crippen LogP contribution in [0.15, 0.2) is 24.3 Å². The van der Waals surface area contributed by atoms with Crippen LogP contribution in [-0.4, -0.2) is 42.8 Å². The maximum absolute atomic E-state index is 12.6. The van der Waals surface area contributed by atoms with Gasteiger partial charge in [-0.1, -0.05) is 11.6 Å². The lowest BCUT2D eigenvalue weighted by molar-refractivity contribution is -0.132. The second kappa shape index (κ2) is 10.3. The third-order valence-corrected chi connectivity index (χ3v) is 5.82. The molecule has 1 N–H and O–H groups in total. The summed E-state index contributed by atoms with van der Waals surface area (Å²) < 4.78 is 0. The van der Waals surface area contributed by atoms with Gasteiger partial charge in [-0.25, -0.2) is 0 Å². The monoisotopic (exact) mass is 398 g/mol. The quantitative estimate of drug-likeness (QED) is 0.763. The number of ketones is 1. The van der Waals surface area contributed by atoms with E-state index in [0.29, 0.717) is 30.5 Å². The first-order chi connectivity index (χ1) is 12.1. The van der Waals surface area contributed by atoms with E-state index >= 15 is 0 Å². The summed E-state index contributed by atoms with van der Waals surface area (Å²) >= 11 is 5.88. The minimum Gasteiger partial charge on any atom is -0.343 e. The molecule has 2 aliphatic heterocycles. The van der Waals surface area contributed by atoms with Crippen LogP contribution in [0, 0.1) is 11.8 Å². The Labute approximate surface area is 167 Å². The minimum absolute atomic E-state index is 0. The number of hydrogen-bond acceptors (Lipinski definition) is 3. The van der Waals surface area contributed by atoms with Crippen molar-refractivity contribution < 1.29 is 9.59 Å². The summed E-state index contributed by atoms with van der Waals surface area (Å²) in [7, 11) is 0. The van der Waals surface area contributed by atoms with Gasteiger partial charge in [0.2, 0.25) is 5.91 Å². The molecule has 1 amide bonds. The highest BCUT2D eigenvalue weighted by Crippen LogP contribution is 2.24. The van der Waals surface area contributed by atoms with Crippen LogP contribution in [0.1, 0.15) is 48.9 Å². The van der Waals surface area contributed by atoms with Crippen molar-refractivity contribution in [1.82, 2.24) is 10.2 Å². The van der Waals surface area contributed by atoms with Gasteiger partial charge in [0.15, 0.2) is 5.78 Å². The normalized spacial score (nSPS) is 19.0. The average Bonchev–Trinajstić information content (AvgIpc) is 2.67. The zero-order valence-corrected chi connectivity index (χ0v) is 16.7. The molecule has 144 valence electrons. The number of likely N-dealkylation sites (tertiary alicyclic amines) is 1. The van der Waals surface area contributed by atoms with Crippen molar-refractivity contribution in [2.75, 3.05) is 26.2 Å². The summed E-state index contributed by atoms with van der Waals surface area (Å²) in [5.74, 6) is 1.15. The molecule has 0 saturated carbocycles. The Kier molecular flexibility index (Phi) is 8.39. The highest BCUT2D eigenvalue weighted by atomic mass is 35.5. The summed E-state index contributed by atoms with van der Waals surface area (Å²) in [6.45, 7) is 3.57. The zero-order valence-electron chi connectivity index (χ0n) is 15.1. The zero-order chi connectivity index (χ0) is 17.6. The Bertz CT molecular complexity index is 592. The fourth-order valence-corrected chi connectivity index (χ4v) is 4.02. The van der Waals surface area contributed by atoms with E-state index in [4.69, 9.17) is 11.6 Å². The van der Waals surface area contributed by atoms with Gasteiger partial charge in [0.25, 0.3) is 0 Å². The summed E-state index contributed by atoms with van der Waals surface area (Å²) in [5, 5.41) is 4.01. The molecule has 0 aliphatic carbocycles. The fraction of sp³-hybridized carbons (Fsp3) is 0.600. The van der Waals surface area contributed by atoms with Crippen molar-refractivity contribution in [1.29, 1.82) is 0 Å². The fourth-order valence-electron chi connectivity index (χ4n) is 3.90. The van der Waals surface area contributed by atoms with Crippen molar-refractivity contribution in [2.24, 2.45) is 11.8 Å². The molecule has 0 bridgehead atoms. The van der Waals surface area contributed by atoms with Crippen LogP contribution in [0.3, 0.4) is 0 Å². The van der Waals surface area contributed by atoms with Crippen LogP contribution in [0.25, 0.3) is 0 Å². The van der Waals surface area contributed by atoms with E-state index in [0.717, 1.165) is 37.9 Å². The second-order valence-corrected chi connectivity index (χ2v) is 7.69. The molecule has 1 aromatic carbocycles. The van der Waals surface area contributed by atoms with E-state index in [-0.39, 0.29) is 30.0 Å². The van der Waals surface area contributed by atoms with Crippen LogP contribution in [0.4, 0.5) is 0 Å². The molecular formula is C20H28Cl2N2O2. The predicted molar refractivity (Wildman–Crippen MR) is 107 cm³/mol. The van der Waals surface area contributed by atoms with Crippen molar-refractivity contribution in [3.8, 4) is 0 Å². The van der Waals surface area contributed by atoms with Gasteiger partial charge in [0.05, 0.1) is 0 Å². The smallest absolute Gasteiger partial charge is 0.222 e. The largest absolute Gasteiger partial charge is 0.343 e. The van der Waals surface area contributed by atoms with Gasteiger partial charge >= 0.3 is 0 Å². The van der Waals surface area contributed by atoms with Crippen molar-refractivity contribution >= 4 is 35.7 Å². The lowest BCUT2D eigenvalue weighted by Crippen LogP contribution is -2.40. The third kappa shape index (κ3) is 5.70. The lowest BCUT2D eigenvalue weighted by Gasteiger charge is -2.32. The Hall–Kier alpha value is -1.10. The molecule has 6 heteroatoms. The third-order valence-electron chi connectivity index (χ3n) is 5.57. The Morgan fingerprint density at radius 3 is 2.27 bits per heavy atom. The first-order valence-electron chi connectivity index (χ1n) is 9.42. The molecule has 2 aliphatic rings. The van der Waals surface area contributed by atoms with Crippen LogP contribution < -0.4 is 5.32 Å². The van der Waals surface area contributed by atoms with Gasteiger partial charge in [-0.15, -0.1) is 12.4 Å². The van der Waals surface area contributed by atoms with Crippen molar-refractivity contribution in [3.63, 3.8) is 0 Å². The number of carbonyl (C=O) groups excluding carboxylic acids is 2. The average molecular weight is 399 g/mol. The molecule has 0 unspecified atom stereocenters. The number of rotatable bonds is 5. The second-order valence-electron chi connectivity index (χ2n) is 7.26. The maximum Gasteiger partial charge on any atom is 0.222 e. The molecule has 2 fully saturated rings. The summed E-state index contributed by atoms with van der Waals surface area (Å²) in [4.78, 5) is 27.0. The first kappa shape index (κ1) is 21.2. The molecule has 26 heavy (non-hydrogen) atoms. The molecular weight excluding hydrogens is 371 g/mol. The summed E-state index contributed by atoms with van der Waals surface area (Å²) in [5.41, 5.74) is 0.722. The van der Waals surface area contributed by atoms with E-state index in [1.165, 1.54) is 12.8 Å². The molecule has 0 atom stereocenters. The number of Topliss-reactive ketones (excluding diaryl/α,β-unsaturated/α-hetero) is 1. The summed E-state index contributed by atoms with van der Waals surface area (Å²) in [6, 6.07) is 7.10. The molecule has 3 rings (SSSR count). The van der Waals surface area contributed by atoms with Gasteiger partial charge in [0, 0.05) is 36.0 Å². The van der Waals surface area contributed by atoms with Crippen molar-refractivity contribution in [2.45, 2.75) is 38.5 Å². The van der Waals surface area contributed by atoms with Crippen molar-refractivity contribution in [3.05, 3.63) is 34.9 Å². The molecule has 0 aromatic heterocycles. The molecule has 1 aromatic rings. The number of nitrogens with one attached hydrogen (secondary N) is 1. The Morgan fingerprint density at radius 1 is 1.04 bits per heavy atom. The molecule has 0 spiro atoms. The van der Waals surface area contributed by atoms with E-state index in [9.17, 15) is 9.59 Å². The van der Waals surface area contributed by atoms with E-state index in [2.05, 4.69) is 5.32 Å². The van der Waals surface area contributed by atoms with Gasteiger partial charge < -0.3 is 10.2 Å². The SMILES string of the molecule is Cl.O=C(c1ccc(Cl)cc1)C1CCN(C(=O)CCC2CCNCC2)CC1. The topological polar surface area (TPSA) is 49.4 Å².